The molecule has 0 unspecified atom stereocenters. The third kappa shape index (κ3) is 4.34. The highest BCUT2D eigenvalue weighted by atomic mass is 19.1. The third-order valence-electron chi connectivity index (χ3n) is 2.09. The van der Waals surface area contributed by atoms with Crippen LogP contribution in [0.25, 0.3) is 0 Å². The van der Waals surface area contributed by atoms with Crippen LogP contribution < -0.4 is 10.1 Å². The van der Waals surface area contributed by atoms with Gasteiger partial charge in [0.1, 0.15) is 5.75 Å². The summed E-state index contributed by atoms with van der Waals surface area (Å²) in [4.78, 5) is 0. The molecule has 0 saturated carbocycles. The van der Waals surface area contributed by atoms with Crippen LogP contribution in [0, 0.1) is 0 Å². The third-order valence-corrected chi connectivity index (χ3v) is 2.09. The summed E-state index contributed by atoms with van der Waals surface area (Å²) >= 11 is 0. The highest BCUT2D eigenvalue weighted by Crippen LogP contribution is 2.23. The topological polar surface area (TPSA) is 21.3 Å². The van der Waals surface area contributed by atoms with Crippen LogP contribution in [0.1, 0.15) is 12.8 Å². The van der Waals surface area contributed by atoms with Crippen LogP contribution in [0.5, 0.6) is 5.75 Å². The molecule has 0 saturated heterocycles. The average Bonchev–Trinajstić information content (AvgIpc) is 2.32. The number of halogens is 1. The highest BCUT2D eigenvalue weighted by Gasteiger charge is 2.01. The molecular weight excluding hydrogens is 205 g/mol. The number of nitrogens with one attached hydrogen (secondary N) is 1. The molecule has 1 rings (SSSR count). The van der Waals surface area contributed by atoms with E-state index in [9.17, 15) is 4.39 Å². The first-order valence-corrected chi connectivity index (χ1v) is 5.51. The fraction of sp³-hybridized carbons (Fsp3) is 0.385. The molecule has 88 valence electrons. The lowest BCUT2D eigenvalue weighted by molar-refractivity contribution is 0.291. The molecule has 0 aliphatic carbocycles. The quantitative estimate of drug-likeness (QED) is 0.538. The maximum absolute atomic E-state index is 11.9. The minimum Gasteiger partial charge on any atom is -0.491 e. The molecule has 0 aromatic heterocycles. The van der Waals surface area contributed by atoms with Gasteiger partial charge in [-0.3, -0.25) is 4.39 Å². The molecule has 0 heterocycles. The molecular formula is C13H18FNO. The van der Waals surface area contributed by atoms with Crippen molar-refractivity contribution in [1.29, 1.82) is 0 Å². The van der Waals surface area contributed by atoms with Crippen molar-refractivity contribution in [2.24, 2.45) is 0 Å². The number of hydrogen-bond donors (Lipinski definition) is 1. The van der Waals surface area contributed by atoms with Gasteiger partial charge in [-0.15, -0.1) is 6.58 Å². The minimum atomic E-state index is -0.341. The number of para-hydroxylation sites is 2. The van der Waals surface area contributed by atoms with Crippen molar-refractivity contribution in [2.45, 2.75) is 12.8 Å². The average molecular weight is 223 g/mol. The van der Waals surface area contributed by atoms with Crippen molar-refractivity contribution < 1.29 is 9.13 Å². The molecule has 0 radical (unpaired) electrons. The second kappa shape index (κ2) is 7.74. The van der Waals surface area contributed by atoms with Crippen LogP contribution in [-0.2, 0) is 0 Å². The maximum Gasteiger partial charge on any atom is 0.142 e. The Morgan fingerprint density at radius 1 is 1.38 bits per heavy atom. The number of rotatable bonds is 8. The summed E-state index contributed by atoms with van der Waals surface area (Å²) in [6.07, 6.45) is 3.19. The molecule has 0 bridgehead atoms. The second-order valence-electron chi connectivity index (χ2n) is 3.39. The zero-order valence-electron chi connectivity index (χ0n) is 9.42. The molecule has 1 aromatic carbocycles. The SMILES string of the molecule is C=CCCNc1ccccc1OCCCF. The van der Waals surface area contributed by atoms with Gasteiger partial charge in [0.2, 0.25) is 0 Å². The number of benzene rings is 1. The molecule has 0 aliphatic rings. The van der Waals surface area contributed by atoms with Crippen molar-refractivity contribution in [2.75, 3.05) is 25.1 Å². The summed E-state index contributed by atoms with van der Waals surface area (Å²) in [5, 5.41) is 3.25. The normalized spacial score (nSPS) is 9.81. The highest BCUT2D eigenvalue weighted by molar-refractivity contribution is 5.56. The largest absolute Gasteiger partial charge is 0.491 e. The standard InChI is InChI=1S/C13H18FNO/c1-2-3-10-15-12-7-4-5-8-13(12)16-11-6-9-14/h2,4-5,7-8,15H,1,3,6,9-11H2. The number of hydrogen-bond acceptors (Lipinski definition) is 2. The molecule has 2 nitrogen and oxygen atoms in total. The van der Waals surface area contributed by atoms with Crippen LogP contribution in [0.4, 0.5) is 10.1 Å². The van der Waals surface area contributed by atoms with Crippen molar-refractivity contribution in [3.63, 3.8) is 0 Å². The fourth-order valence-electron chi connectivity index (χ4n) is 1.28. The summed E-state index contributed by atoms with van der Waals surface area (Å²) in [5.41, 5.74) is 0.947. The summed E-state index contributed by atoms with van der Waals surface area (Å²) in [6, 6.07) is 7.68. The molecule has 0 spiro atoms. The van der Waals surface area contributed by atoms with E-state index in [0.29, 0.717) is 13.0 Å². The van der Waals surface area contributed by atoms with E-state index in [1.807, 2.05) is 30.3 Å². The first-order valence-electron chi connectivity index (χ1n) is 5.51. The Hall–Kier alpha value is -1.51. The van der Waals surface area contributed by atoms with E-state index in [1.54, 1.807) is 0 Å². The van der Waals surface area contributed by atoms with Crippen molar-refractivity contribution >= 4 is 5.69 Å². The predicted octanol–water partition coefficient (Wildman–Crippen LogP) is 3.41. The fourth-order valence-corrected chi connectivity index (χ4v) is 1.28. The summed E-state index contributed by atoms with van der Waals surface area (Å²) in [6.45, 7) is 4.56. The Kier molecular flexibility index (Phi) is 6.07. The van der Waals surface area contributed by atoms with Crippen molar-refractivity contribution in [3.05, 3.63) is 36.9 Å². The monoisotopic (exact) mass is 223 g/mol. The van der Waals surface area contributed by atoms with Gasteiger partial charge < -0.3 is 10.1 Å². The summed E-state index contributed by atoms with van der Waals surface area (Å²) in [7, 11) is 0. The molecule has 3 heteroatoms. The molecule has 0 fully saturated rings. The minimum absolute atomic E-state index is 0.341. The van der Waals surface area contributed by atoms with E-state index in [4.69, 9.17) is 4.74 Å². The van der Waals surface area contributed by atoms with Gasteiger partial charge in [0.05, 0.1) is 19.0 Å². The Labute approximate surface area is 96.1 Å². The van der Waals surface area contributed by atoms with Crippen LogP contribution in [0.15, 0.2) is 36.9 Å². The van der Waals surface area contributed by atoms with Gasteiger partial charge in [0.25, 0.3) is 0 Å². The van der Waals surface area contributed by atoms with Crippen LogP contribution in [0.2, 0.25) is 0 Å². The maximum atomic E-state index is 11.9. The van der Waals surface area contributed by atoms with E-state index in [0.717, 1.165) is 24.4 Å². The Bertz CT molecular complexity index is 315. The second-order valence-corrected chi connectivity index (χ2v) is 3.39. The lowest BCUT2D eigenvalue weighted by Crippen LogP contribution is -2.04. The van der Waals surface area contributed by atoms with Gasteiger partial charge in [-0.1, -0.05) is 18.2 Å². The zero-order valence-corrected chi connectivity index (χ0v) is 9.42. The predicted molar refractivity (Wildman–Crippen MR) is 65.8 cm³/mol. The van der Waals surface area contributed by atoms with Crippen LogP contribution in [-0.4, -0.2) is 19.8 Å². The van der Waals surface area contributed by atoms with E-state index in [-0.39, 0.29) is 6.67 Å². The molecule has 0 aliphatic heterocycles. The molecule has 0 amide bonds. The van der Waals surface area contributed by atoms with Gasteiger partial charge >= 0.3 is 0 Å². The van der Waals surface area contributed by atoms with E-state index in [1.165, 1.54) is 0 Å². The Morgan fingerprint density at radius 2 is 2.19 bits per heavy atom. The summed E-state index contributed by atoms with van der Waals surface area (Å²) in [5.74, 6) is 0.778. The van der Waals surface area contributed by atoms with Gasteiger partial charge in [0, 0.05) is 13.0 Å². The molecule has 16 heavy (non-hydrogen) atoms. The molecule has 0 atom stereocenters. The van der Waals surface area contributed by atoms with Crippen LogP contribution >= 0.6 is 0 Å². The van der Waals surface area contributed by atoms with Gasteiger partial charge in [-0.25, -0.2) is 0 Å². The van der Waals surface area contributed by atoms with Gasteiger partial charge in [-0.05, 0) is 18.6 Å². The lowest BCUT2D eigenvalue weighted by Gasteiger charge is -2.12. The van der Waals surface area contributed by atoms with Crippen LogP contribution in [0.3, 0.4) is 0 Å². The van der Waals surface area contributed by atoms with E-state index in [2.05, 4.69) is 11.9 Å². The number of ether oxygens (including phenoxy) is 1. The zero-order chi connectivity index (χ0) is 11.6. The molecule has 1 aromatic rings. The first kappa shape index (κ1) is 12.6. The van der Waals surface area contributed by atoms with Gasteiger partial charge in [0.15, 0.2) is 0 Å². The lowest BCUT2D eigenvalue weighted by atomic mass is 10.3. The first-order chi connectivity index (χ1) is 7.88. The summed E-state index contributed by atoms with van der Waals surface area (Å²) < 4.78 is 17.4. The Balaban J connectivity index is 2.49. The van der Waals surface area contributed by atoms with E-state index < -0.39 is 0 Å². The van der Waals surface area contributed by atoms with Crippen molar-refractivity contribution in [1.82, 2.24) is 0 Å². The van der Waals surface area contributed by atoms with E-state index >= 15 is 0 Å². The molecule has 1 N–H and O–H groups in total. The van der Waals surface area contributed by atoms with Gasteiger partial charge in [-0.2, -0.15) is 0 Å². The van der Waals surface area contributed by atoms with Crippen molar-refractivity contribution in [3.8, 4) is 5.75 Å². The number of anilines is 1. The number of alkyl halides is 1. The Morgan fingerprint density at radius 3 is 2.94 bits per heavy atom. The smallest absolute Gasteiger partial charge is 0.142 e.